The van der Waals surface area contributed by atoms with Crippen LogP contribution in [-0.2, 0) is 10.5 Å². The fraction of sp³-hybridized carbons (Fsp3) is 0.350. The van der Waals surface area contributed by atoms with Gasteiger partial charge in [0.2, 0.25) is 0 Å². The normalized spacial score (nSPS) is 15.3. The first-order valence-electron chi connectivity index (χ1n) is 8.44. The van der Waals surface area contributed by atoms with Crippen molar-refractivity contribution >= 4 is 23.5 Å². The molecule has 4 nitrogen and oxygen atoms in total. The molecule has 1 aliphatic rings. The van der Waals surface area contributed by atoms with Crippen LogP contribution in [0, 0.1) is 12.3 Å². The number of benzene rings is 2. The highest BCUT2D eigenvalue weighted by molar-refractivity contribution is 7.98. The number of rotatable bonds is 6. The van der Waals surface area contributed by atoms with Crippen LogP contribution in [0.15, 0.2) is 53.4 Å². The van der Waals surface area contributed by atoms with Crippen LogP contribution in [0.2, 0.25) is 0 Å². The predicted molar refractivity (Wildman–Crippen MR) is 103 cm³/mol. The molecule has 25 heavy (non-hydrogen) atoms. The molecular weight excluding hydrogens is 332 g/mol. The summed E-state index contributed by atoms with van der Waals surface area (Å²) in [5, 5.41) is 5.91. The molecule has 3 rings (SSSR count). The van der Waals surface area contributed by atoms with Gasteiger partial charge in [0.1, 0.15) is 0 Å². The first-order chi connectivity index (χ1) is 12.0. The van der Waals surface area contributed by atoms with Crippen molar-refractivity contribution in [1.29, 1.82) is 0 Å². The van der Waals surface area contributed by atoms with Gasteiger partial charge in [-0.2, -0.15) is 0 Å². The summed E-state index contributed by atoms with van der Waals surface area (Å²) < 4.78 is 5.21. The summed E-state index contributed by atoms with van der Waals surface area (Å²) in [5.74, 6) is 0.871. The van der Waals surface area contributed by atoms with E-state index in [4.69, 9.17) is 4.74 Å². The molecule has 1 fully saturated rings. The van der Waals surface area contributed by atoms with Crippen LogP contribution in [0.5, 0.6) is 0 Å². The molecule has 2 N–H and O–H groups in total. The minimum atomic E-state index is -0.170. The highest BCUT2D eigenvalue weighted by atomic mass is 32.2. The van der Waals surface area contributed by atoms with Gasteiger partial charge in [0.15, 0.2) is 0 Å². The van der Waals surface area contributed by atoms with E-state index in [0.717, 1.165) is 16.3 Å². The molecule has 2 aromatic rings. The predicted octanol–water partition coefficient (Wildman–Crippen LogP) is 4.45. The Morgan fingerprint density at radius 3 is 2.56 bits per heavy atom. The summed E-state index contributed by atoms with van der Waals surface area (Å²) >= 11 is 1.72. The van der Waals surface area contributed by atoms with E-state index >= 15 is 0 Å². The molecule has 0 bridgehead atoms. The zero-order valence-corrected chi connectivity index (χ0v) is 15.5. The molecule has 0 aromatic heterocycles. The lowest BCUT2D eigenvalue weighted by Gasteiger charge is -2.37. The Morgan fingerprint density at radius 1 is 1.16 bits per heavy atom. The Kier molecular flexibility index (Phi) is 5.66. The molecule has 2 amide bonds. The summed E-state index contributed by atoms with van der Waals surface area (Å²) in [6, 6.07) is 16.3. The van der Waals surface area contributed by atoms with Gasteiger partial charge in [0.25, 0.3) is 0 Å². The van der Waals surface area contributed by atoms with Gasteiger partial charge >= 0.3 is 6.03 Å². The number of ether oxygens (including phenoxy) is 1. The SMILES string of the molecule is Cc1ccc(CSc2ccccc2NC(=O)NCC2(C)COC2)cc1. The van der Waals surface area contributed by atoms with Crippen molar-refractivity contribution in [1.82, 2.24) is 5.32 Å². The monoisotopic (exact) mass is 356 g/mol. The zero-order chi connectivity index (χ0) is 17.7. The first-order valence-corrected chi connectivity index (χ1v) is 9.43. The fourth-order valence-electron chi connectivity index (χ4n) is 2.55. The molecule has 2 aromatic carbocycles. The number of carbonyl (C=O) groups excluding carboxylic acids is 1. The Labute approximate surface area is 153 Å². The zero-order valence-electron chi connectivity index (χ0n) is 14.7. The smallest absolute Gasteiger partial charge is 0.319 e. The van der Waals surface area contributed by atoms with Gasteiger partial charge in [-0.3, -0.25) is 0 Å². The van der Waals surface area contributed by atoms with Gasteiger partial charge < -0.3 is 15.4 Å². The summed E-state index contributed by atoms with van der Waals surface area (Å²) in [6.07, 6.45) is 0. The number of urea groups is 1. The summed E-state index contributed by atoms with van der Waals surface area (Å²) in [7, 11) is 0. The highest BCUT2D eigenvalue weighted by Gasteiger charge is 2.33. The van der Waals surface area contributed by atoms with E-state index in [2.05, 4.69) is 48.7 Å². The van der Waals surface area contributed by atoms with E-state index in [-0.39, 0.29) is 11.4 Å². The number of carbonyl (C=O) groups is 1. The van der Waals surface area contributed by atoms with Crippen LogP contribution in [0.1, 0.15) is 18.1 Å². The molecule has 5 heteroatoms. The lowest BCUT2D eigenvalue weighted by molar-refractivity contribution is -0.0974. The van der Waals surface area contributed by atoms with Gasteiger partial charge in [-0.25, -0.2) is 4.79 Å². The van der Waals surface area contributed by atoms with E-state index in [1.165, 1.54) is 11.1 Å². The fourth-order valence-corrected chi connectivity index (χ4v) is 3.52. The van der Waals surface area contributed by atoms with Crippen molar-refractivity contribution in [3.05, 3.63) is 59.7 Å². The second kappa shape index (κ2) is 7.93. The molecular formula is C20H24N2O2S. The van der Waals surface area contributed by atoms with Crippen LogP contribution >= 0.6 is 11.8 Å². The second-order valence-corrected chi connectivity index (χ2v) is 7.90. The standard InChI is InChI=1S/C20H24N2O2S/c1-15-7-9-16(10-8-15)11-25-18-6-4-3-5-17(18)22-19(23)21-12-20(2)13-24-14-20/h3-10H,11-14H2,1-2H3,(H2,21,22,23). The molecule has 1 aliphatic heterocycles. The number of thioether (sulfide) groups is 1. The van der Waals surface area contributed by atoms with Crippen molar-refractivity contribution in [2.24, 2.45) is 5.41 Å². The van der Waals surface area contributed by atoms with Crippen molar-refractivity contribution in [2.75, 3.05) is 25.1 Å². The lowest BCUT2D eigenvalue weighted by Crippen LogP contribution is -2.49. The van der Waals surface area contributed by atoms with E-state index in [1.807, 2.05) is 24.3 Å². The summed E-state index contributed by atoms with van der Waals surface area (Å²) in [4.78, 5) is 13.3. The van der Waals surface area contributed by atoms with Crippen LogP contribution in [0.25, 0.3) is 0 Å². The van der Waals surface area contributed by atoms with E-state index in [9.17, 15) is 4.79 Å². The highest BCUT2D eigenvalue weighted by Crippen LogP contribution is 2.30. The largest absolute Gasteiger partial charge is 0.380 e. The van der Waals surface area contributed by atoms with Gasteiger partial charge in [0.05, 0.1) is 18.9 Å². The maximum absolute atomic E-state index is 12.2. The third kappa shape index (κ3) is 5.00. The van der Waals surface area contributed by atoms with Gasteiger partial charge in [-0.05, 0) is 24.6 Å². The van der Waals surface area contributed by atoms with Crippen molar-refractivity contribution in [3.63, 3.8) is 0 Å². The molecule has 0 aliphatic carbocycles. The van der Waals surface area contributed by atoms with Crippen LogP contribution in [-0.4, -0.2) is 25.8 Å². The Hall–Kier alpha value is -1.98. The number of amides is 2. The van der Waals surface area contributed by atoms with Gasteiger partial charge in [-0.1, -0.05) is 48.9 Å². The van der Waals surface area contributed by atoms with Crippen molar-refractivity contribution < 1.29 is 9.53 Å². The molecule has 0 unspecified atom stereocenters. The molecule has 132 valence electrons. The third-order valence-electron chi connectivity index (χ3n) is 4.23. The molecule has 1 heterocycles. The minimum Gasteiger partial charge on any atom is -0.380 e. The molecule has 0 saturated carbocycles. The van der Waals surface area contributed by atoms with Crippen LogP contribution < -0.4 is 10.6 Å². The van der Waals surface area contributed by atoms with Crippen molar-refractivity contribution in [3.8, 4) is 0 Å². The first kappa shape index (κ1) is 17.8. The van der Waals surface area contributed by atoms with Gasteiger partial charge in [0, 0.05) is 22.6 Å². The summed E-state index contributed by atoms with van der Waals surface area (Å²) in [6.45, 7) is 6.23. The van der Waals surface area contributed by atoms with Crippen LogP contribution in [0.3, 0.4) is 0 Å². The average molecular weight is 356 g/mol. The van der Waals surface area contributed by atoms with E-state index < -0.39 is 0 Å². The molecule has 0 spiro atoms. The molecule has 1 saturated heterocycles. The third-order valence-corrected chi connectivity index (χ3v) is 5.37. The van der Waals surface area contributed by atoms with E-state index in [0.29, 0.717) is 19.8 Å². The lowest BCUT2D eigenvalue weighted by atomic mass is 9.89. The number of hydrogen-bond donors (Lipinski definition) is 2. The van der Waals surface area contributed by atoms with Gasteiger partial charge in [-0.15, -0.1) is 11.8 Å². The second-order valence-electron chi connectivity index (χ2n) is 6.88. The van der Waals surface area contributed by atoms with E-state index in [1.54, 1.807) is 11.8 Å². The number of para-hydroxylation sites is 1. The van der Waals surface area contributed by atoms with Crippen molar-refractivity contribution in [2.45, 2.75) is 24.5 Å². The maximum atomic E-state index is 12.2. The number of hydrogen-bond acceptors (Lipinski definition) is 3. The van der Waals surface area contributed by atoms with Crippen LogP contribution in [0.4, 0.5) is 10.5 Å². The quantitative estimate of drug-likeness (QED) is 0.752. The number of anilines is 1. The average Bonchev–Trinajstić information content (AvgIpc) is 2.59. The molecule has 0 atom stereocenters. The maximum Gasteiger partial charge on any atom is 0.319 e. The molecule has 0 radical (unpaired) electrons. The Morgan fingerprint density at radius 2 is 1.88 bits per heavy atom. The Balaban J connectivity index is 1.56. The minimum absolute atomic E-state index is 0.0665. The topological polar surface area (TPSA) is 50.4 Å². The Bertz CT molecular complexity index is 727. The number of aryl methyl sites for hydroxylation is 1. The summed E-state index contributed by atoms with van der Waals surface area (Å²) in [5.41, 5.74) is 3.44. The number of nitrogens with one attached hydrogen (secondary N) is 2.